The van der Waals surface area contributed by atoms with Gasteiger partial charge in [-0.1, -0.05) is 137 Å². The molecule has 0 N–H and O–H groups in total. The van der Waals surface area contributed by atoms with Crippen LogP contribution in [0.15, 0.2) is 0 Å². The molecule has 0 aromatic carbocycles. The number of hydrogen-bond acceptors (Lipinski definition) is 4. The Morgan fingerprint density at radius 3 is 1.39 bits per heavy atom. The predicted molar refractivity (Wildman–Crippen MR) is 162 cm³/mol. The maximum absolute atomic E-state index is 12.5. The van der Waals surface area contributed by atoms with Crippen molar-refractivity contribution < 1.29 is 19.1 Å². The van der Waals surface area contributed by atoms with Crippen molar-refractivity contribution in [1.29, 1.82) is 0 Å². The first kappa shape index (κ1) is 36.9. The summed E-state index contributed by atoms with van der Waals surface area (Å²) in [5.74, 6) is 1.18. The zero-order chi connectivity index (χ0) is 28.3. The monoisotopic (exact) mass is 538 g/mol. The van der Waals surface area contributed by atoms with Crippen LogP contribution >= 0.6 is 0 Å². The summed E-state index contributed by atoms with van der Waals surface area (Å²) in [5, 5.41) is 0. The first-order valence-electron chi connectivity index (χ1n) is 16.8. The molecule has 0 aliphatic carbocycles. The molecule has 0 saturated heterocycles. The molecule has 4 nitrogen and oxygen atoms in total. The lowest BCUT2D eigenvalue weighted by Crippen LogP contribution is -2.21. The van der Waals surface area contributed by atoms with Crippen LogP contribution in [0.5, 0.6) is 0 Å². The Bertz CT molecular complexity index is 533. The third-order valence-electron chi connectivity index (χ3n) is 8.29. The van der Waals surface area contributed by atoms with Crippen molar-refractivity contribution in [3.63, 3.8) is 0 Å². The van der Waals surface area contributed by atoms with E-state index in [0.717, 1.165) is 44.9 Å². The summed E-state index contributed by atoms with van der Waals surface area (Å²) in [7, 11) is 0. The van der Waals surface area contributed by atoms with Crippen LogP contribution in [0.4, 0.5) is 0 Å². The van der Waals surface area contributed by atoms with Crippen LogP contribution in [-0.2, 0) is 19.1 Å². The van der Waals surface area contributed by atoms with Gasteiger partial charge in [0.15, 0.2) is 0 Å². The molecule has 3 unspecified atom stereocenters. The van der Waals surface area contributed by atoms with E-state index in [1.54, 1.807) is 0 Å². The van der Waals surface area contributed by atoms with Crippen LogP contribution in [-0.4, -0.2) is 25.2 Å². The standard InChI is InChI=1S/C34H66O4/c1-6-11-24-30(8-3)28-37-33(35)27-23-21-19-17-15-13-14-16-18-20-22-26-32(10-5)34(36)38-29-31(9-4)25-12-7-2/h30-32H,6-29H2,1-5H3. The highest BCUT2D eigenvalue weighted by molar-refractivity contribution is 5.72. The lowest BCUT2D eigenvalue weighted by atomic mass is 9.97. The lowest BCUT2D eigenvalue weighted by Gasteiger charge is -2.18. The van der Waals surface area contributed by atoms with E-state index in [9.17, 15) is 9.59 Å². The molecule has 0 rings (SSSR count). The van der Waals surface area contributed by atoms with Crippen LogP contribution < -0.4 is 0 Å². The molecule has 0 bridgehead atoms. The van der Waals surface area contributed by atoms with Crippen LogP contribution in [0.25, 0.3) is 0 Å². The number of carbonyl (C=O) groups excluding carboxylic acids is 2. The van der Waals surface area contributed by atoms with Crippen molar-refractivity contribution in [2.75, 3.05) is 13.2 Å². The Kier molecular flexibility index (Phi) is 26.7. The zero-order valence-corrected chi connectivity index (χ0v) is 26.3. The summed E-state index contributed by atoms with van der Waals surface area (Å²) in [6.45, 7) is 12.1. The Morgan fingerprint density at radius 1 is 0.500 bits per heavy atom. The molecule has 0 fully saturated rings. The van der Waals surface area contributed by atoms with Gasteiger partial charge in [0.2, 0.25) is 0 Å². The molecule has 0 aromatic heterocycles. The molecule has 0 aliphatic heterocycles. The molecule has 0 spiro atoms. The minimum atomic E-state index is -0.00496. The van der Waals surface area contributed by atoms with E-state index < -0.39 is 0 Å². The second-order valence-corrected chi connectivity index (χ2v) is 11.7. The second-order valence-electron chi connectivity index (χ2n) is 11.7. The van der Waals surface area contributed by atoms with E-state index in [0.29, 0.717) is 31.5 Å². The molecule has 0 radical (unpaired) electrons. The lowest BCUT2D eigenvalue weighted by molar-refractivity contribution is -0.150. The molecule has 0 heterocycles. The van der Waals surface area contributed by atoms with Gasteiger partial charge >= 0.3 is 11.9 Å². The highest BCUT2D eigenvalue weighted by Crippen LogP contribution is 2.20. The van der Waals surface area contributed by atoms with E-state index in [2.05, 4.69) is 34.6 Å². The van der Waals surface area contributed by atoms with E-state index in [4.69, 9.17) is 9.47 Å². The van der Waals surface area contributed by atoms with Gasteiger partial charge in [-0.3, -0.25) is 9.59 Å². The molecule has 0 saturated carbocycles. The maximum atomic E-state index is 12.5. The topological polar surface area (TPSA) is 52.6 Å². The Balaban J connectivity index is 3.61. The molecule has 4 heteroatoms. The second kappa shape index (κ2) is 27.5. The number of esters is 2. The average molecular weight is 539 g/mol. The largest absolute Gasteiger partial charge is 0.465 e. The first-order chi connectivity index (χ1) is 18.5. The average Bonchev–Trinajstić information content (AvgIpc) is 2.93. The summed E-state index contributed by atoms with van der Waals surface area (Å²) >= 11 is 0. The molecule has 0 aromatic rings. The van der Waals surface area contributed by atoms with Gasteiger partial charge < -0.3 is 9.47 Å². The normalized spacial score (nSPS) is 13.7. The van der Waals surface area contributed by atoms with E-state index >= 15 is 0 Å². The van der Waals surface area contributed by atoms with Gasteiger partial charge in [-0.15, -0.1) is 0 Å². The molecule has 0 amide bonds. The Labute approximate surface area is 237 Å². The molecule has 38 heavy (non-hydrogen) atoms. The number of unbranched alkanes of at least 4 members (excludes halogenated alkanes) is 12. The summed E-state index contributed by atoms with van der Waals surface area (Å²) in [5.41, 5.74) is 0. The number of carbonyl (C=O) groups is 2. The minimum Gasteiger partial charge on any atom is -0.465 e. The summed E-state index contributed by atoms with van der Waals surface area (Å²) in [6.07, 6.45) is 25.4. The number of ether oxygens (including phenoxy) is 2. The Hall–Kier alpha value is -1.06. The van der Waals surface area contributed by atoms with Gasteiger partial charge in [0.05, 0.1) is 19.1 Å². The van der Waals surface area contributed by atoms with Gasteiger partial charge in [-0.05, 0) is 43.9 Å². The molecule has 3 atom stereocenters. The summed E-state index contributed by atoms with van der Waals surface area (Å²) < 4.78 is 11.2. The van der Waals surface area contributed by atoms with Crippen LogP contribution in [0, 0.1) is 17.8 Å². The summed E-state index contributed by atoms with van der Waals surface area (Å²) in [6, 6.07) is 0. The molecule has 0 aliphatic rings. The van der Waals surface area contributed by atoms with Crippen molar-refractivity contribution in [1.82, 2.24) is 0 Å². The van der Waals surface area contributed by atoms with Gasteiger partial charge in [0.25, 0.3) is 0 Å². The third kappa shape index (κ3) is 21.8. The van der Waals surface area contributed by atoms with Crippen molar-refractivity contribution in [2.45, 2.75) is 176 Å². The van der Waals surface area contributed by atoms with Crippen molar-refractivity contribution in [3.8, 4) is 0 Å². The zero-order valence-electron chi connectivity index (χ0n) is 26.3. The van der Waals surface area contributed by atoms with Crippen molar-refractivity contribution >= 4 is 11.9 Å². The van der Waals surface area contributed by atoms with E-state index in [1.807, 2.05) is 0 Å². The smallest absolute Gasteiger partial charge is 0.308 e. The molecular weight excluding hydrogens is 472 g/mol. The van der Waals surface area contributed by atoms with Gasteiger partial charge in [0, 0.05) is 6.42 Å². The van der Waals surface area contributed by atoms with Gasteiger partial charge in [0.1, 0.15) is 0 Å². The van der Waals surface area contributed by atoms with Crippen LogP contribution in [0.1, 0.15) is 176 Å². The fourth-order valence-corrected chi connectivity index (χ4v) is 5.14. The van der Waals surface area contributed by atoms with Crippen molar-refractivity contribution in [2.24, 2.45) is 17.8 Å². The summed E-state index contributed by atoms with van der Waals surface area (Å²) in [4.78, 5) is 24.4. The Morgan fingerprint density at radius 2 is 0.947 bits per heavy atom. The fourth-order valence-electron chi connectivity index (χ4n) is 5.14. The first-order valence-corrected chi connectivity index (χ1v) is 16.8. The molecule has 226 valence electrons. The predicted octanol–water partition coefficient (Wildman–Crippen LogP) is 10.6. The highest BCUT2D eigenvalue weighted by Gasteiger charge is 2.19. The van der Waals surface area contributed by atoms with Crippen LogP contribution in [0.2, 0.25) is 0 Å². The number of hydrogen-bond donors (Lipinski definition) is 0. The van der Waals surface area contributed by atoms with Crippen LogP contribution in [0.3, 0.4) is 0 Å². The highest BCUT2D eigenvalue weighted by atomic mass is 16.5. The van der Waals surface area contributed by atoms with Gasteiger partial charge in [-0.2, -0.15) is 0 Å². The minimum absolute atomic E-state index is 0.00496. The molecular formula is C34H66O4. The SMILES string of the molecule is CCCCC(CC)COC(=O)CCCCCCCCCCCCCC(CC)C(=O)OCC(CC)CCCC. The number of rotatable bonds is 28. The van der Waals surface area contributed by atoms with E-state index in [-0.39, 0.29) is 17.9 Å². The maximum Gasteiger partial charge on any atom is 0.308 e. The quantitative estimate of drug-likeness (QED) is 0.0734. The van der Waals surface area contributed by atoms with Gasteiger partial charge in [-0.25, -0.2) is 0 Å². The fraction of sp³-hybridized carbons (Fsp3) is 0.941. The van der Waals surface area contributed by atoms with E-state index in [1.165, 1.54) is 89.9 Å². The van der Waals surface area contributed by atoms with Crippen molar-refractivity contribution in [3.05, 3.63) is 0 Å². The third-order valence-corrected chi connectivity index (χ3v) is 8.29.